The van der Waals surface area contributed by atoms with Gasteiger partial charge in [-0.1, -0.05) is 30.7 Å². The van der Waals surface area contributed by atoms with E-state index in [4.69, 9.17) is 17.3 Å². The minimum atomic E-state index is 0.716. The monoisotopic (exact) mass is 292 g/mol. The van der Waals surface area contributed by atoms with E-state index in [9.17, 15) is 0 Å². The van der Waals surface area contributed by atoms with Crippen molar-refractivity contribution in [1.82, 2.24) is 14.7 Å². The summed E-state index contributed by atoms with van der Waals surface area (Å²) in [5.41, 5.74) is 9.93. The summed E-state index contributed by atoms with van der Waals surface area (Å²) in [6, 6.07) is 8.00. The van der Waals surface area contributed by atoms with Gasteiger partial charge in [-0.2, -0.15) is 5.10 Å². The van der Waals surface area contributed by atoms with Crippen LogP contribution in [0.2, 0.25) is 5.15 Å². The molecule has 1 aromatic heterocycles. The van der Waals surface area contributed by atoms with Crippen molar-refractivity contribution >= 4 is 17.3 Å². The average molecular weight is 293 g/mol. The molecule has 0 radical (unpaired) electrons. The molecule has 1 heterocycles. The fraction of sp³-hybridized carbons (Fsp3) is 0.400. The highest BCUT2D eigenvalue weighted by Crippen LogP contribution is 2.21. The van der Waals surface area contributed by atoms with Crippen LogP contribution in [0, 0.1) is 6.92 Å². The van der Waals surface area contributed by atoms with Crippen molar-refractivity contribution in [3.05, 3.63) is 46.2 Å². The minimum absolute atomic E-state index is 0.716. The number of nitrogens with two attached hydrogens (primary N) is 1. The van der Waals surface area contributed by atoms with Crippen molar-refractivity contribution in [2.24, 2.45) is 7.05 Å². The SMILES string of the molecule is CCN(Cc1cccc(N)c1)Cc1c(C)nn(C)c1Cl. The van der Waals surface area contributed by atoms with Crippen LogP contribution < -0.4 is 5.73 Å². The predicted octanol–water partition coefficient (Wildman–Crippen LogP) is 2.99. The van der Waals surface area contributed by atoms with Gasteiger partial charge in [0.1, 0.15) is 5.15 Å². The second-order valence-electron chi connectivity index (χ2n) is 5.03. The maximum absolute atomic E-state index is 6.30. The second kappa shape index (κ2) is 6.29. The van der Waals surface area contributed by atoms with Crippen LogP contribution >= 0.6 is 11.6 Å². The molecule has 0 spiro atoms. The Labute approximate surface area is 125 Å². The number of hydrogen-bond donors (Lipinski definition) is 1. The van der Waals surface area contributed by atoms with E-state index in [2.05, 4.69) is 23.0 Å². The molecule has 108 valence electrons. The lowest BCUT2D eigenvalue weighted by Crippen LogP contribution is -2.22. The average Bonchev–Trinajstić information content (AvgIpc) is 2.64. The highest BCUT2D eigenvalue weighted by atomic mass is 35.5. The number of aromatic nitrogens is 2. The zero-order chi connectivity index (χ0) is 14.7. The highest BCUT2D eigenvalue weighted by molar-refractivity contribution is 6.30. The van der Waals surface area contributed by atoms with Crippen LogP contribution in [0.3, 0.4) is 0 Å². The van der Waals surface area contributed by atoms with Gasteiger partial charge in [0.15, 0.2) is 0 Å². The van der Waals surface area contributed by atoms with Crippen molar-refractivity contribution in [2.45, 2.75) is 26.9 Å². The molecular formula is C15H21ClN4. The molecule has 0 aliphatic carbocycles. The van der Waals surface area contributed by atoms with Crippen LogP contribution in [0.15, 0.2) is 24.3 Å². The van der Waals surface area contributed by atoms with Crippen LogP contribution in [0.4, 0.5) is 5.69 Å². The highest BCUT2D eigenvalue weighted by Gasteiger charge is 2.14. The van der Waals surface area contributed by atoms with Crippen molar-refractivity contribution in [2.75, 3.05) is 12.3 Å². The fourth-order valence-corrected chi connectivity index (χ4v) is 2.54. The summed E-state index contributed by atoms with van der Waals surface area (Å²) in [4.78, 5) is 2.32. The zero-order valence-corrected chi connectivity index (χ0v) is 13.0. The Morgan fingerprint density at radius 2 is 2.10 bits per heavy atom. The molecule has 5 heteroatoms. The number of benzene rings is 1. The Morgan fingerprint density at radius 3 is 2.65 bits per heavy atom. The van der Waals surface area contributed by atoms with Crippen LogP contribution in [0.1, 0.15) is 23.7 Å². The Morgan fingerprint density at radius 1 is 1.35 bits per heavy atom. The van der Waals surface area contributed by atoms with Gasteiger partial charge in [0.25, 0.3) is 0 Å². The van der Waals surface area contributed by atoms with Crippen LogP contribution in [0.5, 0.6) is 0 Å². The molecule has 2 rings (SSSR count). The first kappa shape index (κ1) is 14.9. The van der Waals surface area contributed by atoms with Crippen LogP contribution in [-0.2, 0) is 20.1 Å². The number of hydrogen-bond acceptors (Lipinski definition) is 3. The van der Waals surface area contributed by atoms with Gasteiger partial charge in [-0.3, -0.25) is 9.58 Å². The molecule has 2 N–H and O–H groups in total. The normalized spacial score (nSPS) is 11.2. The van der Waals surface area contributed by atoms with Crippen molar-refractivity contribution in [3.63, 3.8) is 0 Å². The minimum Gasteiger partial charge on any atom is -0.399 e. The first-order valence-electron chi connectivity index (χ1n) is 6.76. The molecule has 20 heavy (non-hydrogen) atoms. The number of nitrogens with zero attached hydrogens (tertiary/aromatic N) is 3. The standard InChI is InChI=1S/C15H21ClN4/c1-4-20(9-12-6-5-7-13(17)8-12)10-14-11(2)18-19(3)15(14)16/h5-8H,4,9-10,17H2,1-3H3. The Kier molecular flexibility index (Phi) is 4.68. The van der Waals surface area contributed by atoms with Gasteiger partial charge in [0, 0.05) is 31.4 Å². The van der Waals surface area contributed by atoms with Gasteiger partial charge >= 0.3 is 0 Å². The molecular weight excluding hydrogens is 272 g/mol. The van der Waals surface area contributed by atoms with Crippen molar-refractivity contribution < 1.29 is 0 Å². The summed E-state index contributed by atoms with van der Waals surface area (Å²) in [6.45, 7) is 6.73. The molecule has 0 unspecified atom stereocenters. The molecule has 0 atom stereocenters. The Balaban J connectivity index is 2.13. The number of anilines is 1. The maximum atomic E-state index is 6.30. The van der Waals surface area contributed by atoms with Gasteiger partial charge < -0.3 is 5.73 Å². The van der Waals surface area contributed by atoms with Gasteiger partial charge in [-0.05, 0) is 31.2 Å². The van der Waals surface area contributed by atoms with E-state index in [0.29, 0.717) is 5.15 Å². The summed E-state index contributed by atoms with van der Waals surface area (Å²) in [5, 5.41) is 5.07. The Hall–Kier alpha value is -1.52. The van der Waals surface area contributed by atoms with E-state index in [1.807, 2.05) is 32.2 Å². The molecule has 0 fully saturated rings. The molecule has 0 aliphatic heterocycles. The lowest BCUT2D eigenvalue weighted by molar-refractivity contribution is 0.271. The van der Waals surface area contributed by atoms with Crippen molar-refractivity contribution in [3.8, 4) is 0 Å². The van der Waals surface area contributed by atoms with Crippen LogP contribution in [0.25, 0.3) is 0 Å². The second-order valence-corrected chi connectivity index (χ2v) is 5.38. The van der Waals surface area contributed by atoms with Gasteiger partial charge in [0.05, 0.1) is 5.69 Å². The molecule has 0 saturated heterocycles. The quantitative estimate of drug-likeness (QED) is 0.862. The summed E-state index contributed by atoms with van der Waals surface area (Å²) in [7, 11) is 1.87. The lowest BCUT2D eigenvalue weighted by atomic mass is 10.1. The number of rotatable bonds is 5. The third-order valence-corrected chi connectivity index (χ3v) is 3.93. The summed E-state index contributed by atoms with van der Waals surface area (Å²) >= 11 is 6.30. The first-order chi connectivity index (χ1) is 9.51. The Bertz CT molecular complexity index is 592. The molecule has 0 saturated carbocycles. The third kappa shape index (κ3) is 3.32. The molecule has 4 nitrogen and oxygen atoms in total. The van der Waals surface area contributed by atoms with E-state index >= 15 is 0 Å². The smallest absolute Gasteiger partial charge is 0.131 e. The van der Waals surface area contributed by atoms with Crippen LogP contribution in [-0.4, -0.2) is 21.2 Å². The largest absolute Gasteiger partial charge is 0.399 e. The number of halogens is 1. The molecule has 2 aromatic rings. The topological polar surface area (TPSA) is 47.1 Å². The van der Waals surface area contributed by atoms with Gasteiger partial charge in [0.2, 0.25) is 0 Å². The van der Waals surface area contributed by atoms with Crippen molar-refractivity contribution in [1.29, 1.82) is 0 Å². The molecule has 1 aromatic carbocycles. The predicted molar refractivity (Wildman–Crippen MR) is 83.6 cm³/mol. The molecule has 0 amide bonds. The number of aryl methyl sites for hydroxylation is 2. The van der Waals surface area contributed by atoms with Gasteiger partial charge in [-0.25, -0.2) is 0 Å². The first-order valence-corrected chi connectivity index (χ1v) is 7.13. The van der Waals surface area contributed by atoms with E-state index < -0.39 is 0 Å². The van der Waals surface area contributed by atoms with Gasteiger partial charge in [-0.15, -0.1) is 0 Å². The summed E-state index contributed by atoms with van der Waals surface area (Å²) in [6.07, 6.45) is 0. The summed E-state index contributed by atoms with van der Waals surface area (Å²) in [5.74, 6) is 0. The van der Waals surface area contributed by atoms with E-state index in [0.717, 1.165) is 36.6 Å². The molecule has 0 aliphatic rings. The maximum Gasteiger partial charge on any atom is 0.131 e. The van der Waals surface area contributed by atoms with E-state index in [1.54, 1.807) is 4.68 Å². The van der Waals surface area contributed by atoms with E-state index in [-0.39, 0.29) is 0 Å². The lowest BCUT2D eigenvalue weighted by Gasteiger charge is -2.20. The summed E-state index contributed by atoms with van der Waals surface area (Å²) < 4.78 is 1.72. The van der Waals surface area contributed by atoms with E-state index in [1.165, 1.54) is 5.56 Å². The zero-order valence-electron chi connectivity index (χ0n) is 12.2. The fourth-order valence-electron chi connectivity index (χ4n) is 2.31. The third-order valence-electron chi connectivity index (χ3n) is 3.46. The molecule has 0 bridgehead atoms. The number of nitrogen functional groups attached to an aromatic ring is 1.